The normalized spacial score (nSPS) is 31.8. The molecule has 2 fully saturated rings. The minimum Gasteiger partial charge on any atom is -0.389 e. The molecule has 0 amide bonds. The highest BCUT2D eigenvalue weighted by atomic mass is 16.3. The topological polar surface area (TPSA) is 43.7 Å². The standard InChI is InChI=1S/C17H25NO2/c1-13(19)14-5-7-16(8-6-14)18-11-10-17(20)9-3-2-4-15(17)12-18/h5-8,13,15,19-20H,2-4,9-12H2,1H3. The molecule has 2 N–H and O–H groups in total. The Morgan fingerprint density at radius 3 is 2.65 bits per heavy atom. The highest BCUT2D eigenvalue weighted by Gasteiger charge is 2.42. The summed E-state index contributed by atoms with van der Waals surface area (Å²) < 4.78 is 0. The Kier molecular flexibility index (Phi) is 3.74. The second kappa shape index (κ2) is 5.38. The molecular formula is C17H25NO2. The maximum atomic E-state index is 10.7. The molecule has 1 saturated heterocycles. The Bertz CT molecular complexity index is 457. The van der Waals surface area contributed by atoms with E-state index in [-0.39, 0.29) is 0 Å². The summed E-state index contributed by atoms with van der Waals surface area (Å²) in [5.41, 5.74) is 1.76. The van der Waals surface area contributed by atoms with Gasteiger partial charge in [0.25, 0.3) is 0 Å². The van der Waals surface area contributed by atoms with E-state index >= 15 is 0 Å². The van der Waals surface area contributed by atoms with Crippen molar-refractivity contribution in [3.8, 4) is 0 Å². The van der Waals surface area contributed by atoms with E-state index in [0.717, 1.165) is 37.9 Å². The maximum Gasteiger partial charge on any atom is 0.0761 e. The van der Waals surface area contributed by atoms with Crippen molar-refractivity contribution >= 4 is 5.69 Å². The lowest BCUT2D eigenvalue weighted by atomic mass is 9.71. The number of benzene rings is 1. The van der Waals surface area contributed by atoms with Crippen molar-refractivity contribution in [3.63, 3.8) is 0 Å². The molecule has 0 aromatic heterocycles. The number of aliphatic hydroxyl groups excluding tert-OH is 1. The van der Waals surface area contributed by atoms with E-state index in [2.05, 4.69) is 17.0 Å². The second-order valence-corrected chi connectivity index (χ2v) is 6.51. The van der Waals surface area contributed by atoms with Crippen molar-refractivity contribution in [1.82, 2.24) is 0 Å². The van der Waals surface area contributed by atoms with Gasteiger partial charge in [-0.05, 0) is 43.9 Å². The molecule has 0 bridgehead atoms. The number of fused-ring (bicyclic) bond motifs is 1. The molecule has 3 atom stereocenters. The predicted octanol–water partition coefficient (Wildman–Crippen LogP) is 2.87. The molecule has 1 heterocycles. The van der Waals surface area contributed by atoms with Crippen LogP contribution in [-0.4, -0.2) is 28.9 Å². The lowest BCUT2D eigenvalue weighted by Gasteiger charge is -2.48. The SMILES string of the molecule is CC(O)c1ccc(N2CCC3(O)CCCCC3C2)cc1. The average Bonchev–Trinajstić information content (AvgIpc) is 2.46. The summed E-state index contributed by atoms with van der Waals surface area (Å²) in [6.45, 7) is 3.68. The molecule has 3 unspecified atom stereocenters. The predicted molar refractivity (Wildman–Crippen MR) is 80.8 cm³/mol. The Balaban J connectivity index is 1.72. The van der Waals surface area contributed by atoms with E-state index in [1.165, 1.54) is 18.5 Å². The quantitative estimate of drug-likeness (QED) is 0.872. The van der Waals surface area contributed by atoms with Gasteiger partial charge in [0.15, 0.2) is 0 Å². The number of rotatable bonds is 2. The van der Waals surface area contributed by atoms with Crippen LogP contribution in [-0.2, 0) is 0 Å². The fourth-order valence-corrected chi connectivity index (χ4v) is 3.77. The average molecular weight is 275 g/mol. The zero-order chi connectivity index (χ0) is 14.2. The molecule has 0 radical (unpaired) electrons. The summed E-state index contributed by atoms with van der Waals surface area (Å²) in [6, 6.07) is 8.19. The van der Waals surface area contributed by atoms with Gasteiger partial charge in [-0.15, -0.1) is 0 Å². The van der Waals surface area contributed by atoms with Gasteiger partial charge in [0.05, 0.1) is 11.7 Å². The Hall–Kier alpha value is -1.06. The van der Waals surface area contributed by atoms with Crippen molar-refractivity contribution in [2.24, 2.45) is 5.92 Å². The summed E-state index contributed by atoms with van der Waals surface area (Å²) in [7, 11) is 0. The summed E-state index contributed by atoms with van der Waals surface area (Å²) in [6.07, 6.45) is 5.03. The minimum absolute atomic E-state index is 0.408. The molecule has 1 aromatic rings. The van der Waals surface area contributed by atoms with Crippen molar-refractivity contribution < 1.29 is 10.2 Å². The molecule has 2 aliphatic rings. The van der Waals surface area contributed by atoms with Crippen LogP contribution in [0.4, 0.5) is 5.69 Å². The first-order valence-electron chi connectivity index (χ1n) is 7.84. The molecule has 3 heteroatoms. The number of anilines is 1. The van der Waals surface area contributed by atoms with Crippen molar-refractivity contribution in [3.05, 3.63) is 29.8 Å². The molecule has 1 saturated carbocycles. The van der Waals surface area contributed by atoms with Crippen LogP contribution in [0.2, 0.25) is 0 Å². The first-order valence-corrected chi connectivity index (χ1v) is 7.84. The fraction of sp³-hybridized carbons (Fsp3) is 0.647. The highest BCUT2D eigenvalue weighted by molar-refractivity contribution is 5.48. The van der Waals surface area contributed by atoms with Gasteiger partial charge in [-0.25, -0.2) is 0 Å². The van der Waals surface area contributed by atoms with Crippen LogP contribution in [0.5, 0.6) is 0 Å². The molecular weight excluding hydrogens is 250 g/mol. The first kappa shape index (κ1) is 13.9. The van der Waals surface area contributed by atoms with Gasteiger partial charge in [-0.3, -0.25) is 0 Å². The lowest BCUT2D eigenvalue weighted by Crippen LogP contribution is -2.53. The van der Waals surface area contributed by atoms with Crippen LogP contribution < -0.4 is 4.90 Å². The molecule has 3 rings (SSSR count). The monoisotopic (exact) mass is 275 g/mol. The summed E-state index contributed by atoms with van der Waals surface area (Å²) in [4.78, 5) is 2.39. The van der Waals surface area contributed by atoms with Gasteiger partial charge < -0.3 is 15.1 Å². The molecule has 1 aliphatic carbocycles. The molecule has 0 spiro atoms. The van der Waals surface area contributed by atoms with Crippen molar-refractivity contribution in [2.75, 3.05) is 18.0 Å². The van der Waals surface area contributed by atoms with Gasteiger partial charge in [0.2, 0.25) is 0 Å². The number of piperidine rings is 1. The number of hydrogen-bond donors (Lipinski definition) is 2. The summed E-state index contributed by atoms with van der Waals surface area (Å²) in [5, 5.41) is 20.3. The van der Waals surface area contributed by atoms with Crippen LogP contribution in [0.25, 0.3) is 0 Å². The zero-order valence-corrected chi connectivity index (χ0v) is 12.3. The second-order valence-electron chi connectivity index (χ2n) is 6.51. The lowest BCUT2D eigenvalue weighted by molar-refractivity contribution is -0.0612. The number of aliphatic hydroxyl groups is 2. The van der Waals surface area contributed by atoms with Gasteiger partial charge in [-0.2, -0.15) is 0 Å². The molecule has 3 nitrogen and oxygen atoms in total. The van der Waals surface area contributed by atoms with E-state index < -0.39 is 11.7 Å². The van der Waals surface area contributed by atoms with E-state index in [1.54, 1.807) is 6.92 Å². The Morgan fingerprint density at radius 2 is 1.95 bits per heavy atom. The zero-order valence-electron chi connectivity index (χ0n) is 12.3. The third-order valence-electron chi connectivity index (χ3n) is 5.17. The van der Waals surface area contributed by atoms with Crippen LogP contribution in [0.3, 0.4) is 0 Å². The first-order chi connectivity index (χ1) is 9.58. The Morgan fingerprint density at radius 1 is 1.20 bits per heavy atom. The molecule has 1 aromatic carbocycles. The minimum atomic E-state index is -0.408. The Labute approximate surface area is 121 Å². The van der Waals surface area contributed by atoms with E-state index in [9.17, 15) is 10.2 Å². The third-order valence-corrected chi connectivity index (χ3v) is 5.17. The maximum absolute atomic E-state index is 10.7. The van der Waals surface area contributed by atoms with Crippen LogP contribution >= 0.6 is 0 Å². The smallest absolute Gasteiger partial charge is 0.0761 e. The van der Waals surface area contributed by atoms with Gasteiger partial charge in [0, 0.05) is 24.7 Å². The van der Waals surface area contributed by atoms with Crippen LogP contribution in [0, 0.1) is 5.92 Å². The number of hydrogen-bond acceptors (Lipinski definition) is 3. The highest BCUT2D eigenvalue weighted by Crippen LogP contribution is 2.40. The van der Waals surface area contributed by atoms with E-state index in [4.69, 9.17) is 0 Å². The summed E-state index contributed by atoms with van der Waals surface area (Å²) >= 11 is 0. The van der Waals surface area contributed by atoms with E-state index in [1.807, 2.05) is 12.1 Å². The van der Waals surface area contributed by atoms with Gasteiger partial charge >= 0.3 is 0 Å². The third kappa shape index (κ3) is 2.57. The van der Waals surface area contributed by atoms with Crippen molar-refractivity contribution in [1.29, 1.82) is 0 Å². The van der Waals surface area contributed by atoms with Crippen LogP contribution in [0.15, 0.2) is 24.3 Å². The van der Waals surface area contributed by atoms with Gasteiger partial charge in [-0.1, -0.05) is 25.0 Å². The largest absolute Gasteiger partial charge is 0.389 e. The molecule has 20 heavy (non-hydrogen) atoms. The van der Waals surface area contributed by atoms with Crippen molar-refractivity contribution in [2.45, 2.75) is 50.7 Å². The van der Waals surface area contributed by atoms with Crippen LogP contribution in [0.1, 0.15) is 50.7 Å². The molecule has 110 valence electrons. The van der Waals surface area contributed by atoms with E-state index in [0.29, 0.717) is 5.92 Å². The molecule has 1 aliphatic heterocycles. The summed E-state index contributed by atoms with van der Waals surface area (Å²) in [5.74, 6) is 0.418. The fourth-order valence-electron chi connectivity index (χ4n) is 3.77. The van der Waals surface area contributed by atoms with Gasteiger partial charge in [0.1, 0.15) is 0 Å². The number of nitrogens with zero attached hydrogens (tertiary/aromatic N) is 1.